The van der Waals surface area contributed by atoms with E-state index in [0.717, 1.165) is 0 Å². The summed E-state index contributed by atoms with van der Waals surface area (Å²) < 4.78 is 19.4. The van der Waals surface area contributed by atoms with Crippen molar-refractivity contribution in [3.63, 3.8) is 0 Å². The van der Waals surface area contributed by atoms with E-state index in [-0.39, 0.29) is 5.56 Å². The zero-order valence-corrected chi connectivity index (χ0v) is 13.2. The number of benzene rings is 1. The molecule has 7 heteroatoms. The molecule has 1 aromatic heterocycles. The molecule has 2 rings (SSSR count). The molecule has 0 bridgehead atoms. The van der Waals surface area contributed by atoms with Crippen LogP contribution in [0.5, 0.6) is 0 Å². The van der Waals surface area contributed by atoms with Gasteiger partial charge in [-0.25, -0.2) is 14.4 Å². The Labute approximate surface area is 133 Å². The summed E-state index contributed by atoms with van der Waals surface area (Å²) in [6.07, 6.45) is 1.51. The number of methoxy groups -OCH3 is 1. The number of hydrogen-bond donors (Lipinski definition) is 2. The van der Waals surface area contributed by atoms with Crippen LogP contribution in [0.2, 0.25) is 0 Å². The van der Waals surface area contributed by atoms with Gasteiger partial charge in [0.15, 0.2) is 11.4 Å². The molecule has 1 amide bonds. The van der Waals surface area contributed by atoms with Gasteiger partial charge >= 0.3 is 0 Å². The number of anilines is 1. The van der Waals surface area contributed by atoms with E-state index in [9.17, 15) is 9.18 Å². The lowest BCUT2D eigenvalue weighted by Gasteiger charge is -2.29. The maximum Gasteiger partial charge on any atom is 0.257 e. The van der Waals surface area contributed by atoms with E-state index in [1.165, 1.54) is 32.4 Å². The molecule has 2 unspecified atom stereocenters. The Morgan fingerprint density at radius 1 is 1.39 bits per heavy atom. The van der Waals surface area contributed by atoms with Gasteiger partial charge in [-0.2, -0.15) is 0 Å². The van der Waals surface area contributed by atoms with Gasteiger partial charge < -0.3 is 15.8 Å². The van der Waals surface area contributed by atoms with E-state index in [4.69, 9.17) is 10.5 Å². The van der Waals surface area contributed by atoms with Crippen molar-refractivity contribution >= 4 is 11.7 Å². The summed E-state index contributed by atoms with van der Waals surface area (Å²) in [5.41, 5.74) is 4.29. The highest BCUT2D eigenvalue weighted by Crippen LogP contribution is 2.28. The molecule has 3 N–H and O–H groups in total. The molecule has 0 spiro atoms. The van der Waals surface area contributed by atoms with Crippen molar-refractivity contribution in [3.05, 3.63) is 53.7 Å². The van der Waals surface area contributed by atoms with Crippen molar-refractivity contribution in [3.8, 4) is 0 Å². The number of aromatic nitrogens is 2. The minimum Gasteiger partial charge on any atom is -0.384 e. The smallest absolute Gasteiger partial charge is 0.257 e. The second-order valence-corrected chi connectivity index (χ2v) is 5.25. The molecule has 23 heavy (non-hydrogen) atoms. The van der Waals surface area contributed by atoms with Crippen molar-refractivity contribution < 1.29 is 13.9 Å². The molecule has 2 atom stereocenters. The summed E-state index contributed by atoms with van der Waals surface area (Å²) in [4.78, 5) is 20.8. The van der Waals surface area contributed by atoms with Gasteiger partial charge in [0.25, 0.3) is 5.91 Å². The maximum atomic E-state index is 14.0. The van der Waals surface area contributed by atoms with E-state index in [2.05, 4.69) is 15.3 Å². The third-order valence-electron chi connectivity index (χ3n) is 3.66. The van der Waals surface area contributed by atoms with Crippen molar-refractivity contribution in [2.24, 2.45) is 0 Å². The van der Waals surface area contributed by atoms with Crippen LogP contribution in [0.15, 0.2) is 36.5 Å². The molecule has 0 fully saturated rings. The number of nitrogens with two attached hydrogens (primary N) is 1. The fourth-order valence-corrected chi connectivity index (χ4v) is 2.17. The highest BCUT2D eigenvalue weighted by molar-refractivity contribution is 5.86. The van der Waals surface area contributed by atoms with Crippen molar-refractivity contribution in [1.29, 1.82) is 0 Å². The van der Waals surface area contributed by atoms with E-state index in [1.54, 1.807) is 25.1 Å². The molecular weight excluding hydrogens is 299 g/mol. The van der Waals surface area contributed by atoms with E-state index in [1.807, 2.05) is 0 Å². The van der Waals surface area contributed by atoms with Gasteiger partial charge in [0.1, 0.15) is 11.6 Å². The summed E-state index contributed by atoms with van der Waals surface area (Å²) in [6, 6.07) is 7.04. The van der Waals surface area contributed by atoms with Gasteiger partial charge in [0, 0.05) is 18.9 Å². The number of hydrogen-bond acceptors (Lipinski definition) is 5. The van der Waals surface area contributed by atoms with Crippen LogP contribution in [0, 0.1) is 5.82 Å². The van der Waals surface area contributed by atoms with Gasteiger partial charge in [-0.15, -0.1) is 0 Å². The van der Waals surface area contributed by atoms with Crippen LogP contribution in [-0.4, -0.2) is 23.0 Å². The quantitative estimate of drug-likeness (QED) is 0.879. The summed E-state index contributed by atoms with van der Waals surface area (Å²) in [7, 11) is 1.35. The molecule has 6 nitrogen and oxygen atoms in total. The molecule has 1 aromatic carbocycles. The third-order valence-corrected chi connectivity index (χ3v) is 3.66. The number of rotatable bonds is 5. The average Bonchev–Trinajstić information content (AvgIpc) is 2.54. The van der Waals surface area contributed by atoms with Gasteiger partial charge in [-0.05, 0) is 26.0 Å². The van der Waals surface area contributed by atoms with E-state index >= 15 is 0 Å². The number of halogens is 1. The number of carbonyl (C=O) groups is 1. The molecule has 0 aliphatic heterocycles. The Bertz CT molecular complexity index is 710. The van der Waals surface area contributed by atoms with Gasteiger partial charge in [0.2, 0.25) is 0 Å². The number of ether oxygens (including phenoxy) is 1. The molecule has 2 aromatic rings. The first kappa shape index (κ1) is 16.8. The Hall–Kier alpha value is -2.54. The first-order valence-electron chi connectivity index (χ1n) is 7.08. The fraction of sp³-hybridized carbons (Fsp3) is 0.312. The second kappa shape index (κ2) is 6.70. The summed E-state index contributed by atoms with van der Waals surface area (Å²) in [6.45, 7) is 3.22. The van der Waals surface area contributed by atoms with Crippen LogP contribution in [0.1, 0.15) is 31.3 Å². The summed E-state index contributed by atoms with van der Waals surface area (Å²) >= 11 is 0. The molecule has 0 saturated heterocycles. The topological polar surface area (TPSA) is 90.1 Å². The van der Waals surface area contributed by atoms with Crippen LogP contribution in [-0.2, 0) is 15.1 Å². The van der Waals surface area contributed by atoms with Crippen LogP contribution in [0.25, 0.3) is 0 Å². The standard InChI is InChI=1S/C16H19FN4O2/c1-10(14-19-9-8-13(18)21-14)20-15(22)16(2,23-3)11-6-4-5-7-12(11)17/h4-10H,1-3H3,(H,20,22)(H2,18,19,21). The molecule has 0 saturated carbocycles. The molecule has 122 valence electrons. The van der Waals surface area contributed by atoms with Crippen LogP contribution < -0.4 is 11.1 Å². The first-order chi connectivity index (χ1) is 10.9. The lowest BCUT2D eigenvalue weighted by molar-refractivity contribution is -0.143. The van der Waals surface area contributed by atoms with Gasteiger partial charge in [0.05, 0.1) is 6.04 Å². The summed E-state index contributed by atoms with van der Waals surface area (Å²) in [5.74, 6) is -0.339. The molecule has 0 radical (unpaired) electrons. The molecule has 1 heterocycles. The van der Waals surface area contributed by atoms with Gasteiger partial charge in [-0.3, -0.25) is 4.79 Å². The minimum atomic E-state index is -1.47. The Morgan fingerprint density at radius 3 is 2.70 bits per heavy atom. The van der Waals surface area contributed by atoms with Crippen LogP contribution in [0.4, 0.5) is 10.2 Å². The molecular formula is C16H19FN4O2. The van der Waals surface area contributed by atoms with Gasteiger partial charge in [-0.1, -0.05) is 18.2 Å². The maximum absolute atomic E-state index is 14.0. The normalized spacial score (nSPS) is 14.8. The second-order valence-electron chi connectivity index (χ2n) is 5.25. The van der Waals surface area contributed by atoms with E-state index < -0.39 is 23.4 Å². The largest absolute Gasteiger partial charge is 0.384 e. The lowest BCUT2D eigenvalue weighted by atomic mass is 9.93. The predicted molar refractivity (Wildman–Crippen MR) is 83.8 cm³/mol. The number of nitrogens with one attached hydrogen (secondary N) is 1. The monoisotopic (exact) mass is 318 g/mol. The number of nitrogens with zero attached hydrogens (tertiary/aromatic N) is 2. The highest BCUT2D eigenvalue weighted by Gasteiger charge is 2.38. The first-order valence-corrected chi connectivity index (χ1v) is 7.08. The van der Waals surface area contributed by atoms with Crippen molar-refractivity contribution in [2.75, 3.05) is 12.8 Å². The number of nitrogen functional groups attached to an aromatic ring is 1. The highest BCUT2D eigenvalue weighted by atomic mass is 19.1. The average molecular weight is 318 g/mol. The zero-order valence-electron chi connectivity index (χ0n) is 13.2. The minimum absolute atomic E-state index is 0.153. The summed E-state index contributed by atoms with van der Waals surface area (Å²) in [5, 5.41) is 2.73. The zero-order chi connectivity index (χ0) is 17.0. The third kappa shape index (κ3) is 3.45. The van der Waals surface area contributed by atoms with Crippen molar-refractivity contribution in [1.82, 2.24) is 15.3 Å². The predicted octanol–water partition coefficient (Wildman–Crippen LogP) is 1.94. The lowest BCUT2D eigenvalue weighted by Crippen LogP contribution is -2.45. The molecule has 0 aliphatic rings. The van der Waals surface area contributed by atoms with Crippen LogP contribution in [0.3, 0.4) is 0 Å². The SMILES string of the molecule is COC(C)(C(=O)NC(C)c1nccc(N)n1)c1ccccc1F. The Morgan fingerprint density at radius 2 is 2.09 bits per heavy atom. The number of carbonyl (C=O) groups excluding carboxylic acids is 1. The Balaban J connectivity index is 2.25. The molecule has 0 aliphatic carbocycles. The fourth-order valence-electron chi connectivity index (χ4n) is 2.17. The van der Waals surface area contributed by atoms with E-state index in [0.29, 0.717) is 11.6 Å². The van der Waals surface area contributed by atoms with Crippen LogP contribution >= 0.6 is 0 Å². The van der Waals surface area contributed by atoms with Crippen molar-refractivity contribution in [2.45, 2.75) is 25.5 Å². The Kier molecular flexibility index (Phi) is 4.90. The number of amides is 1.